The van der Waals surface area contributed by atoms with Gasteiger partial charge in [-0.2, -0.15) is 0 Å². The van der Waals surface area contributed by atoms with Crippen molar-refractivity contribution in [2.24, 2.45) is 0 Å². The van der Waals surface area contributed by atoms with Crippen molar-refractivity contribution in [3.05, 3.63) is 69.8 Å². The van der Waals surface area contributed by atoms with Crippen LogP contribution in [0.2, 0.25) is 0 Å². The Morgan fingerprint density at radius 2 is 1.97 bits per heavy atom. The van der Waals surface area contributed by atoms with Crippen molar-refractivity contribution in [2.45, 2.75) is 13.3 Å². The molecule has 1 N–H and O–H groups in total. The molecule has 2 heterocycles. The minimum Gasteiger partial charge on any atom is -0.465 e. The van der Waals surface area contributed by atoms with Crippen LogP contribution in [0.15, 0.2) is 59.3 Å². The molecule has 2 aromatic heterocycles. The number of anilines is 2. The fourth-order valence-electron chi connectivity index (χ4n) is 3.22. The molecule has 4 rings (SSSR count). The van der Waals surface area contributed by atoms with Gasteiger partial charge in [-0.3, -0.25) is 0 Å². The number of carbonyl (C=O) groups excluding carboxylic acids is 1. The molecule has 0 amide bonds. The molecule has 0 saturated carbocycles. The summed E-state index contributed by atoms with van der Waals surface area (Å²) in [5.41, 5.74) is 3.51. The molecule has 0 aliphatic carbocycles. The number of nitrogens with one attached hydrogen (secondary N) is 1. The maximum Gasteiger partial charge on any atom is 0.337 e. The molecule has 29 heavy (non-hydrogen) atoms. The molecular weight excluding hydrogens is 450 g/mol. The zero-order valence-electron chi connectivity index (χ0n) is 15.9. The third-order valence-corrected chi connectivity index (χ3v) is 6.33. The number of esters is 1. The first-order chi connectivity index (χ1) is 14.1. The van der Waals surface area contributed by atoms with E-state index < -0.39 is 0 Å². The van der Waals surface area contributed by atoms with Crippen LogP contribution in [0.4, 0.5) is 11.5 Å². The molecule has 7 heteroatoms. The smallest absolute Gasteiger partial charge is 0.337 e. The summed E-state index contributed by atoms with van der Waals surface area (Å²) in [5.74, 6) is 0.340. The Bertz CT molecular complexity index is 1190. The Morgan fingerprint density at radius 3 is 2.69 bits per heavy atom. The first-order valence-electron chi connectivity index (χ1n) is 9.08. The fraction of sp³-hybridized carbons (Fsp3) is 0.136. The lowest BCUT2D eigenvalue weighted by atomic mass is 10.0. The first-order valence-corrected chi connectivity index (χ1v) is 10.7. The van der Waals surface area contributed by atoms with Crippen LogP contribution in [0.5, 0.6) is 0 Å². The summed E-state index contributed by atoms with van der Waals surface area (Å²) < 4.78 is 5.86. The van der Waals surface area contributed by atoms with Gasteiger partial charge in [0.15, 0.2) is 0 Å². The molecule has 146 valence electrons. The highest BCUT2D eigenvalue weighted by atomic mass is 79.9. The Kier molecular flexibility index (Phi) is 5.60. The van der Waals surface area contributed by atoms with Gasteiger partial charge in [0.2, 0.25) is 0 Å². The van der Waals surface area contributed by atoms with Gasteiger partial charge >= 0.3 is 5.97 Å². The van der Waals surface area contributed by atoms with E-state index in [9.17, 15) is 4.79 Å². The van der Waals surface area contributed by atoms with Gasteiger partial charge in [0.25, 0.3) is 0 Å². The monoisotopic (exact) mass is 467 g/mol. The summed E-state index contributed by atoms with van der Waals surface area (Å²) in [6.45, 7) is 2.15. The number of benzene rings is 2. The van der Waals surface area contributed by atoms with Crippen LogP contribution in [-0.4, -0.2) is 23.0 Å². The summed E-state index contributed by atoms with van der Waals surface area (Å²) in [7, 11) is 1.37. The molecule has 5 nitrogen and oxygen atoms in total. The number of thiophene rings is 1. The number of methoxy groups -OCH3 is 1. The molecule has 0 unspecified atom stereocenters. The molecular formula is C22H18BrN3O2S. The minimum atomic E-state index is -0.374. The van der Waals surface area contributed by atoms with Gasteiger partial charge in [0.05, 0.1) is 18.1 Å². The molecule has 0 atom stereocenters. The maximum absolute atomic E-state index is 11.9. The number of halogens is 1. The van der Waals surface area contributed by atoms with E-state index in [1.54, 1.807) is 29.8 Å². The number of aryl methyl sites for hydroxylation is 1. The summed E-state index contributed by atoms with van der Waals surface area (Å²) in [6, 6.07) is 15.5. The molecule has 0 aliphatic rings. The van der Waals surface area contributed by atoms with Gasteiger partial charge in [0.1, 0.15) is 17.0 Å². The van der Waals surface area contributed by atoms with Gasteiger partial charge in [-0.05, 0) is 42.3 Å². The highest BCUT2D eigenvalue weighted by molar-refractivity contribution is 9.10. The zero-order chi connectivity index (χ0) is 20.4. The third kappa shape index (κ3) is 3.88. The van der Waals surface area contributed by atoms with E-state index in [0.29, 0.717) is 11.4 Å². The summed E-state index contributed by atoms with van der Waals surface area (Å²) in [4.78, 5) is 23.1. The van der Waals surface area contributed by atoms with Crippen LogP contribution < -0.4 is 5.32 Å². The standard InChI is InChI=1S/C22H18BrN3O2S/c1-3-17-18(13-7-9-15(23)10-8-13)19-20(24-12-25-21(19)29-17)26-16-6-4-5-14(11-16)22(27)28-2/h4-12H,3H2,1-2H3,(H,24,25,26). The van der Waals surface area contributed by atoms with Crippen LogP contribution >= 0.6 is 27.3 Å². The van der Waals surface area contributed by atoms with Crippen LogP contribution in [0.3, 0.4) is 0 Å². The number of nitrogens with zero attached hydrogens (tertiary/aromatic N) is 2. The summed E-state index contributed by atoms with van der Waals surface area (Å²) in [6.07, 6.45) is 2.47. The number of rotatable bonds is 5. The van der Waals surface area contributed by atoms with Crippen molar-refractivity contribution in [1.82, 2.24) is 9.97 Å². The average Bonchev–Trinajstić information content (AvgIpc) is 3.13. The zero-order valence-corrected chi connectivity index (χ0v) is 18.3. The SMILES string of the molecule is CCc1sc2ncnc(Nc3cccc(C(=O)OC)c3)c2c1-c1ccc(Br)cc1. The van der Waals surface area contributed by atoms with E-state index in [-0.39, 0.29) is 5.97 Å². The molecule has 0 bridgehead atoms. The quantitative estimate of drug-likeness (QED) is 0.353. The van der Waals surface area contributed by atoms with Gasteiger partial charge in [0, 0.05) is 20.6 Å². The lowest BCUT2D eigenvalue weighted by molar-refractivity contribution is 0.0601. The molecule has 4 aromatic rings. The topological polar surface area (TPSA) is 64.1 Å². The lowest BCUT2D eigenvalue weighted by Gasteiger charge is -2.10. The number of hydrogen-bond donors (Lipinski definition) is 1. The van der Waals surface area contributed by atoms with Crippen molar-refractivity contribution in [3.8, 4) is 11.1 Å². The third-order valence-electron chi connectivity index (χ3n) is 4.56. The summed E-state index contributed by atoms with van der Waals surface area (Å²) in [5, 5.41) is 4.35. The number of aromatic nitrogens is 2. The number of carbonyl (C=O) groups is 1. The van der Waals surface area contributed by atoms with Gasteiger partial charge in [-0.1, -0.05) is 41.1 Å². The highest BCUT2D eigenvalue weighted by Gasteiger charge is 2.18. The molecule has 0 fully saturated rings. The number of hydrogen-bond acceptors (Lipinski definition) is 6. The van der Waals surface area contributed by atoms with Crippen LogP contribution in [0.25, 0.3) is 21.3 Å². The second-order valence-corrected chi connectivity index (χ2v) is 8.36. The van der Waals surface area contributed by atoms with Gasteiger partial charge in [-0.25, -0.2) is 14.8 Å². The van der Waals surface area contributed by atoms with Crippen molar-refractivity contribution < 1.29 is 9.53 Å². The second kappa shape index (κ2) is 8.31. The number of fused-ring (bicyclic) bond motifs is 1. The predicted molar refractivity (Wildman–Crippen MR) is 121 cm³/mol. The Morgan fingerprint density at radius 1 is 1.17 bits per heavy atom. The largest absolute Gasteiger partial charge is 0.465 e. The molecule has 0 radical (unpaired) electrons. The number of ether oxygens (including phenoxy) is 1. The maximum atomic E-state index is 11.9. The van der Waals surface area contributed by atoms with E-state index >= 15 is 0 Å². The summed E-state index contributed by atoms with van der Waals surface area (Å²) >= 11 is 5.19. The molecule has 0 aliphatic heterocycles. The van der Waals surface area contributed by atoms with E-state index in [4.69, 9.17) is 4.74 Å². The second-order valence-electron chi connectivity index (χ2n) is 6.36. The van der Waals surface area contributed by atoms with Gasteiger partial charge < -0.3 is 10.1 Å². The van der Waals surface area contributed by atoms with Crippen molar-refractivity contribution >= 4 is 55.0 Å². The van der Waals surface area contributed by atoms with Crippen molar-refractivity contribution in [1.29, 1.82) is 0 Å². The van der Waals surface area contributed by atoms with Crippen molar-refractivity contribution in [3.63, 3.8) is 0 Å². The van der Waals surface area contributed by atoms with Crippen LogP contribution in [0.1, 0.15) is 22.2 Å². The molecule has 0 saturated heterocycles. The van der Waals surface area contributed by atoms with Gasteiger partial charge in [-0.15, -0.1) is 11.3 Å². The van der Waals surface area contributed by atoms with Crippen LogP contribution in [0, 0.1) is 0 Å². The van der Waals surface area contributed by atoms with E-state index in [1.165, 1.54) is 12.0 Å². The lowest BCUT2D eigenvalue weighted by Crippen LogP contribution is -2.02. The Hall–Kier alpha value is -2.77. The predicted octanol–water partition coefficient (Wildman–Crippen LogP) is 6.21. The average molecular weight is 468 g/mol. The highest BCUT2D eigenvalue weighted by Crippen LogP contribution is 2.42. The van der Waals surface area contributed by atoms with Crippen molar-refractivity contribution in [2.75, 3.05) is 12.4 Å². The Labute approximate surface area is 180 Å². The Balaban J connectivity index is 1.85. The molecule has 0 spiro atoms. The molecule has 2 aromatic carbocycles. The fourth-order valence-corrected chi connectivity index (χ4v) is 4.59. The normalized spacial score (nSPS) is 10.9. The van der Waals surface area contributed by atoms with E-state index in [1.807, 2.05) is 24.3 Å². The van der Waals surface area contributed by atoms with E-state index in [2.05, 4.69) is 50.3 Å². The minimum absolute atomic E-state index is 0.374. The first kappa shape index (κ1) is 19.5. The van der Waals surface area contributed by atoms with Crippen LogP contribution in [-0.2, 0) is 11.2 Å². The van der Waals surface area contributed by atoms with E-state index in [0.717, 1.165) is 37.9 Å².